The maximum atomic E-state index is 6.35. The van der Waals surface area contributed by atoms with Crippen LogP contribution in [0.15, 0.2) is 24.3 Å². The Morgan fingerprint density at radius 3 is 2.76 bits per heavy atom. The number of hydrogen-bond acceptors (Lipinski definition) is 3. The van der Waals surface area contributed by atoms with E-state index in [-0.39, 0.29) is 0 Å². The predicted molar refractivity (Wildman–Crippen MR) is 91.2 cm³/mol. The second kappa shape index (κ2) is 8.14. The number of benzene rings is 1. The van der Waals surface area contributed by atoms with Gasteiger partial charge in [0.05, 0.1) is 0 Å². The maximum Gasteiger partial charge on any atom is 0.0438 e. The lowest BCUT2D eigenvalue weighted by Crippen LogP contribution is -2.59. The Morgan fingerprint density at radius 1 is 1.29 bits per heavy atom. The van der Waals surface area contributed by atoms with E-state index >= 15 is 0 Å². The van der Waals surface area contributed by atoms with Crippen molar-refractivity contribution in [1.29, 1.82) is 0 Å². The van der Waals surface area contributed by atoms with Crippen molar-refractivity contribution in [2.24, 2.45) is 0 Å². The lowest BCUT2D eigenvalue weighted by atomic mass is 9.96. The van der Waals surface area contributed by atoms with E-state index in [4.69, 9.17) is 11.6 Å². The topological polar surface area (TPSA) is 18.5 Å². The van der Waals surface area contributed by atoms with Crippen LogP contribution in [0.5, 0.6) is 0 Å². The monoisotopic (exact) mass is 309 g/mol. The minimum absolute atomic E-state index is 0.442. The van der Waals surface area contributed by atoms with E-state index in [1.54, 1.807) is 0 Å². The highest BCUT2D eigenvalue weighted by atomic mass is 35.5. The van der Waals surface area contributed by atoms with Gasteiger partial charge in [-0.1, -0.05) is 36.7 Å². The van der Waals surface area contributed by atoms with Gasteiger partial charge in [-0.3, -0.25) is 4.90 Å². The van der Waals surface area contributed by atoms with E-state index in [1.807, 2.05) is 12.1 Å². The highest BCUT2D eigenvalue weighted by Crippen LogP contribution is 2.20. The molecule has 0 bridgehead atoms. The third kappa shape index (κ3) is 4.68. The van der Waals surface area contributed by atoms with Gasteiger partial charge in [0.25, 0.3) is 0 Å². The van der Waals surface area contributed by atoms with Crippen molar-refractivity contribution in [3.05, 3.63) is 34.9 Å². The molecule has 3 nitrogen and oxygen atoms in total. The van der Waals surface area contributed by atoms with E-state index in [1.165, 1.54) is 5.56 Å². The van der Waals surface area contributed by atoms with Crippen molar-refractivity contribution in [2.75, 3.05) is 40.3 Å². The van der Waals surface area contributed by atoms with Crippen LogP contribution in [0, 0.1) is 0 Å². The number of rotatable bonds is 6. The average molecular weight is 310 g/mol. The van der Waals surface area contributed by atoms with E-state index in [0.717, 1.165) is 44.0 Å². The molecule has 1 aromatic carbocycles. The van der Waals surface area contributed by atoms with Crippen LogP contribution >= 0.6 is 11.6 Å². The summed E-state index contributed by atoms with van der Waals surface area (Å²) in [5, 5.41) is 4.62. The molecule has 4 heteroatoms. The summed E-state index contributed by atoms with van der Waals surface area (Å²) in [6.45, 7) is 6.68. The van der Waals surface area contributed by atoms with Crippen molar-refractivity contribution in [2.45, 2.75) is 31.8 Å². The summed E-state index contributed by atoms with van der Waals surface area (Å²) in [5.41, 5.74) is 1.24. The minimum atomic E-state index is 0.442. The molecule has 0 amide bonds. The van der Waals surface area contributed by atoms with E-state index in [2.05, 4.69) is 48.3 Å². The molecule has 1 aromatic rings. The summed E-state index contributed by atoms with van der Waals surface area (Å²) in [4.78, 5) is 4.92. The summed E-state index contributed by atoms with van der Waals surface area (Å²) in [6.07, 6.45) is 2.15. The Hall–Kier alpha value is -0.610. The predicted octanol–water partition coefficient (Wildman–Crippen LogP) is 2.50. The average Bonchev–Trinajstić information content (AvgIpc) is 2.48. The molecule has 0 spiro atoms. The van der Waals surface area contributed by atoms with Crippen molar-refractivity contribution >= 4 is 11.6 Å². The van der Waals surface area contributed by atoms with Gasteiger partial charge in [0.2, 0.25) is 0 Å². The summed E-state index contributed by atoms with van der Waals surface area (Å²) in [6, 6.07) is 9.19. The summed E-state index contributed by atoms with van der Waals surface area (Å²) >= 11 is 6.35. The molecule has 1 fully saturated rings. The van der Waals surface area contributed by atoms with Gasteiger partial charge in [0, 0.05) is 36.7 Å². The molecular formula is C17H28ClN3. The number of nitrogens with one attached hydrogen (secondary N) is 1. The molecule has 1 saturated heterocycles. The van der Waals surface area contributed by atoms with Gasteiger partial charge in [-0.15, -0.1) is 0 Å². The van der Waals surface area contributed by atoms with Gasteiger partial charge in [0.15, 0.2) is 0 Å². The van der Waals surface area contributed by atoms with Crippen molar-refractivity contribution in [1.82, 2.24) is 15.1 Å². The molecule has 0 aromatic heterocycles. The van der Waals surface area contributed by atoms with Gasteiger partial charge < -0.3 is 10.2 Å². The van der Waals surface area contributed by atoms with Crippen molar-refractivity contribution in [3.63, 3.8) is 0 Å². The largest absolute Gasteiger partial charge is 0.312 e. The second-order valence-corrected chi connectivity index (χ2v) is 6.57. The standard InChI is InChI=1S/C17H28ClN3/c1-4-9-19-16(12-14-7-5-6-8-15(14)18)17-13-20(2)10-11-21(17)3/h5-8,16-17,19H,4,9-13H2,1-3H3. The zero-order chi connectivity index (χ0) is 15.2. The fraction of sp³-hybridized carbons (Fsp3) is 0.647. The van der Waals surface area contributed by atoms with Gasteiger partial charge in [-0.2, -0.15) is 0 Å². The Bertz CT molecular complexity index is 438. The maximum absolute atomic E-state index is 6.35. The molecule has 0 radical (unpaired) electrons. The number of nitrogens with zero attached hydrogens (tertiary/aromatic N) is 2. The Kier molecular flexibility index (Phi) is 6.49. The van der Waals surface area contributed by atoms with Gasteiger partial charge in [-0.25, -0.2) is 0 Å². The molecule has 2 unspecified atom stereocenters. The van der Waals surface area contributed by atoms with Crippen LogP contribution in [-0.2, 0) is 6.42 Å². The fourth-order valence-corrected chi connectivity index (χ4v) is 3.27. The molecule has 21 heavy (non-hydrogen) atoms. The molecule has 2 rings (SSSR count). The second-order valence-electron chi connectivity index (χ2n) is 6.17. The quantitative estimate of drug-likeness (QED) is 0.871. The molecule has 1 aliphatic heterocycles. The van der Waals surface area contributed by atoms with Crippen LogP contribution in [0.1, 0.15) is 18.9 Å². The Labute approximate surface area is 134 Å². The third-order valence-corrected chi connectivity index (χ3v) is 4.79. The van der Waals surface area contributed by atoms with E-state index in [9.17, 15) is 0 Å². The summed E-state index contributed by atoms with van der Waals surface area (Å²) in [5.74, 6) is 0. The van der Waals surface area contributed by atoms with Crippen LogP contribution in [0.3, 0.4) is 0 Å². The highest BCUT2D eigenvalue weighted by Gasteiger charge is 2.29. The molecule has 1 N–H and O–H groups in total. The van der Waals surface area contributed by atoms with Crippen molar-refractivity contribution < 1.29 is 0 Å². The zero-order valence-corrected chi connectivity index (χ0v) is 14.2. The van der Waals surface area contributed by atoms with Crippen LogP contribution in [0.25, 0.3) is 0 Å². The number of likely N-dealkylation sites (N-methyl/N-ethyl adjacent to an activating group) is 2. The normalized spacial score (nSPS) is 22.4. The smallest absolute Gasteiger partial charge is 0.0438 e. The van der Waals surface area contributed by atoms with Crippen LogP contribution < -0.4 is 5.32 Å². The first-order valence-corrected chi connectivity index (χ1v) is 8.35. The molecule has 118 valence electrons. The lowest BCUT2D eigenvalue weighted by Gasteiger charge is -2.42. The van der Waals surface area contributed by atoms with Gasteiger partial charge in [-0.05, 0) is 45.1 Å². The number of halogens is 1. The number of hydrogen-bond donors (Lipinski definition) is 1. The minimum Gasteiger partial charge on any atom is -0.312 e. The molecule has 0 saturated carbocycles. The van der Waals surface area contributed by atoms with Crippen LogP contribution in [0.2, 0.25) is 5.02 Å². The third-order valence-electron chi connectivity index (χ3n) is 4.42. The van der Waals surface area contributed by atoms with E-state index < -0.39 is 0 Å². The first-order chi connectivity index (χ1) is 10.1. The first kappa shape index (κ1) is 16.8. The fourth-order valence-electron chi connectivity index (χ4n) is 3.05. The van der Waals surface area contributed by atoms with Crippen LogP contribution in [0.4, 0.5) is 0 Å². The van der Waals surface area contributed by atoms with Crippen LogP contribution in [-0.4, -0.2) is 62.2 Å². The highest BCUT2D eigenvalue weighted by molar-refractivity contribution is 6.31. The lowest BCUT2D eigenvalue weighted by molar-refractivity contribution is 0.0876. The van der Waals surface area contributed by atoms with Gasteiger partial charge >= 0.3 is 0 Å². The Balaban J connectivity index is 2.11. The Morgan fingerprint density at radius 2 is 2.05 bits per heavy atom. The molecule has 1 aliphatic rings. The summed E-state index contributed by atoms with van der Waals surface area (Å²) in [7, 11) is 4.46. The van der Waals surface area contributed by atoms with Crippen molar-refractivity contribution in [3.8, 4) is 0 Å². The molecule has 0 aliphatic carbocycles. The SMILES string of the molecule is CCCNC(Cc1ccccc1Cl)C1CN(C)CCN1C. The number of piperazine rings is 1. The molecule has 2 atom stereocenters. The van der Waals surface area contributed by atoms with Gasteiger partial charge in [0.1, 0.15) is 0 Å². The van der Waals surface area contributed by atoms with E-state index in [0.29, 0.717) is 12.1 Å². The zero-order valence-electron chi connectivity index (χ0n) is 13.5. The molecule has 1 heterocycles. The molecular weight excluding hydrogens is 282 g/mol. The summed E-state index contributed by atoms with van der Waals surface area (Å²) < 4.78 is 0. The first-order valence-electron chi connectivity index (χ1n) is 7.97.